The van der Waals surface area contributed by atoms with E-state index >= 15 is 0 Å². The fourth-order valence-corrected chi connectivity index (χ4v) is 4.41. The first-order valence-corrected chi connectivity index (χ1v) is 9.43. The maximum absolute atomic E-state index is 13.1. The van der Waals surface area contributed by atoms with Crippen LogP contribution in [-0.4, -0.2) is 78.7 Å². The Hall–Kier alpha value is -2.53. The maximum atomic E-state index is 13.1. The Bertz CT molecular complexity index is 987. The van der Waals surface area contributed by atoms with E-state index < -0.39 is 61.2 Å². The van der Waals surface area contributed by atoms with Gasteiger partial charge in [0, 0.05) is 5.92 Å². The first kappa shape index (κ1) is 20.7. The highest BCUT2D eigenvalue weighted by molar-refractivity contribution is 6.16. The van der Waals surface area contributed by atoms with Crippen LogP contribution in [0.3, 0.4) is 0 Å². The minimum absolute atomic E-state index is 0.0843. The third kappa shape index (κ3) is 2.99. The maximum Gasteiger partial charge on any atom is 0.201 e. The van der Waals surface area contributed by atoms with Crippen LogP contribution < -0.4 is 0 Å². The van der Waals surface area contributed by atoms with Crippen molar-refractivity contribution in [1.29, 1.82) is 0 Å². The number of aliphatic hydroxyl groups excluding tert-OH is 5. The van der Waals surface area contributed by atoms with Crippen LogP contribution >= 0.6 is 0 Å². The molecule has 9 heteroatoms. The summed E-state index contributed by atoms with van der Waals surface area (Å²) in [6, 6.07) is 7.06. The zero-order chi connectivity index (χ0) is 21.7. The lowest BCUT2D eigenvalue weighted by Gasteiger charge is -2.45. The van der Waals surface area contributed by atoms with E-state index in [0.29, 0.717) is 5.56 Å². The van der Waals surface area contributed by atoms with Gasteiger partial charge in [0.05, 0.1) is 30.4 Å². The molecule has 2 aromatic carbocycles. The third-order valence-corrected chi connectivity index (χ3v) is 5.85. The van der Waals surface area contributed by atoms with E-state index in [1.807, 2.05) is 0 Å². The van der Waals surface area contributed by atoms with E-state index in [-0.39, 0.29) is 28.0 Å². The van der Waals surface area contributed by atoms with E-state index in [9.17, 15) is 40.5 Å². The molecule has 1 saturated heterocycles. The van der Waals surface area contributed by atoms with E-state index in [1.165, 1.54) is 24.3 Å². The lowest BCUT2D eigenvalue weighted by Crippen LogP contribution is -2.60. The molecule has 1 aliphatic carbocycles. The number of aromatic hydroxyl groups is 2. The number of ether oxygens (including phenoxy) is 1. The van der Waals surface area contributed by atoms with E-state index in [0.717, 1.165) is 0 Å². The summed E-state index contributed by atoms with van der Waals surface area (Å²) in [5.41, 5.74) is 0.609. The molecular formula is C21H22O9. The molecule has 160 valence electrons. The summed E-state index contributed by atoms with van der Waals surface area (Å²) >= 11 is 0. The Morgan fingerprint density at radius 3 is 2.23 bits per heavy atom. The van der Waals surface area contributed by atoms with Crippen molar-refractivity contribution in [2.75, 3.05) is 6.61 Å². The summed E-state index contributed by atoms with van der Waals surface area (Å²) in [7, 11) is 0. The Labute approximate surface area is 171 Å². The van der Waals surface area contributed by atoms with Gasteiger partial charge >= 0.3 is 0 Å². The number of phenols is 2. The smallest absolute Gasteiger partial charge is 0.201 e. The lowest BCUT2D eigenvalue weighted by atomic mass is 9.71. The van der Waals surface area contributed by atoms with Crippen molar-refractivity contribution in [3.63, 3.8) is 0 Å². The second kappa shape index (κ2) is 7.62. The van der Waals surface area contributed by atoms with Gasteiger partial charge in [0.15, 0.2) is 0 Å². The molecule has 2 aromatic rings. The number of fused-ring (bicyclic) bond motifs is 2. The van der Waals surface area contributed by atoms with E-state index in [4.69, 9.17) is 4.74 Å². The molecular weight excluding hydrogens is 396 g/mol. The van der Waals surface area contributed by atoms with Gasteiger partial charge in [-0.2, -0.15) is 0 Å². The van der Waals surface area contributed by atoms with Gasteiger partial charge in [0.2, 0.25) is 5.78 Å². The van der Waals surface area contributed by atoms with Crippen molar-refractivity contribution < 1.29 is 45.3 Å². The molecule has 6 atom stereocenters. The monoisotopic (exact) mass is 418 g/mol. The van der Waals surface area contributed by atoms with Crippen LogP contribution in [0.5, 0.6) is 11.5 Å². The second-order valence-corrected chi connectivity index (χ2v) is 7.58. The van der Waals surface area contributed by atoms with Crippen LogP contribution in [0.1, 0.15) is 38.5 Å². The predicted molar refractivity (Wildman–Crippen MR) is 101 cm³/mol. The molecule has 0 saturated carbocycles. The zero-order valence-electron chi connectivity index (χ0n) is 15.7. The second-order valence-electron chi connectivity index (χ2n) is 7.58. The SMILES string of the molecule is O=C1c2c(O)cccc2[C@@H]([C@H]2O[C@H](CO)[C@@H](O)[C@H](O)[C@@H]2O)c2cc(CO)cc(O)c21. The lowest BCUT2D eigenvalue weighted by molar-refractivity contribution is -0.232. The average Bonchev–Trinajstić information content (AvgIpc) is 2.73. The number of ketones is 1. The summed E-state index contributed by atoms with van der Waals surface area (Å²) in [5.74, 6) is -2.34. The molecule has 1 heterocycles. The van der Waals surface area contributed by atoms with Crippen molar-refractivity contribution in [2.45, 2.75) is 43.0 Å². The summed E-state index contributed by atoms with van der Waals surface area (Å²) in [6.07, 6.45) is -7.22. The first-order chi connectivity index (χ1) is 14.3. The highest BCUT2D eigenvalue weighted by atomic mass is 16.5. The Kier molecular flexibility index (Phi) is 5.27. The molecule has 0 aromatic heterocycles. The van der Waals surface area contributed by atoms with Crippen LogP contribution in [-0.2, 0) is 11.3 Å². The first-order valence-electron chi connectivity index (χ1n) is 9.43. The van der Waals surface area contributed by atoms with Crippen molar-refractivity contribution in [2.24, 2.45) is 0 Å². The number of hydrogen-bond donors (Lipinski definition) is 7. The minimum atomic E-state index is -1.64. The van der Waals surface area contributed by atoms with Gasteiger partial charge in [-0.1, -0.05) is 18.2 Å². The quantitative estimate of drug-likeness (QED) is 0.334. The molecule has 30 heavy (non-hydrogen) atoms. The normalized spacial score (nSPS) is 30.6. The molecule has 2 aliphatic rings. The number of carbonyl (C=O) groups excluding carboxylic acids is 1. The molecule has 4 rings (SSSR count). The molecule has 0 unspecified atom stereocenters. The summed E-state index contributed by atoms with van der Waals surface area (Å²) in [4.78, 5) is 13.1. The Morgan fingerprint density at radius 1 is 0.867 bits per heavy atom. The third-order valence-electron chi connectivity index (χ3n) is 5.85. The van der Waals surface area contributed by atoms with Crippen molar-refractivity contribution in [1.82, 2.24) is 0 Å². The summed E-state index contributed by atoms with van der Waals surface area (Å²) < 4.78 is 5.73. The number of carbonyl (C=O) groups is 1. The van der Waals surface area contributed by atoms with Crippen molar-refractivity contribution in [3.8, 4) is 11.5 Å². The molecule has 0 radical (unpaired) electrons. The molecule has 0 amide bonds. The molecule has 7 N–H and O–H groups in total. The van der Waals surface area contributed by atoms with Gasteiger partial charge < -0.3 is 40.5 Å². The van der Waals surface area contributed by atoms with Crippen molar-refractivity contribution >= 4 is 5.78 Å². The Balaban J connectivity index is 1.96. The van der Waals surface area contributed by atoms with Gasteiger partial charge in [-0.05, 0) is 28.8 Å². The highest BCUT2D eigenvalue weighted by Gasteiger charge is 2.50. The van der Waals surface area contributed by atoms with Gasteiger partial charge in [-0.3, -0.25) is 4.79 Å². The molecule has 1 fully saturated rings. The largest absolute Gasteiger partial charge is 0.507 e. The molecule has 1 aliphatic heterocycles. The minimum Gasteiger partial charge on any atom is -0.507 e. The van der Waals surface area contributed by atoms with E-state index in [2.05, 4.69) is 0 Å². The fourth-order valence-electron chi connectivity index (χ4n) is 4.41. The van der Waals surface area contributed by atoms with E-state index in [1.54, 1.807) is 6.07 Å². The van der Waals surface area contributed by atoms with Gasteiger partial charge in [0.25, 0.3) is 0 Å². The summed E-state index contributed by atoms with van der Waals surface area (Å²) in [6.45, 7) is -1.06. The van der Waals surface area contributed by atoms with Gasteiger partial charge in [-0.15, -0.1) is 0 Å². The zero-order valence-corrected chi connectivity index (χ0v) is 15.7. The highest BCUT2D eigenvalue weighted by Crippen LogP contribution is 2.47. The number of hydrogen-bond acceptors (Lipinski definition) is 9. The molecule has 0 bridgehead atoms. The average molecular weight is 418 g/mol. The molecule has 9 nitrogen and oxygen atoms in total. The van der Waals surface area contributed by atoms with Crippen LogP contribution in [0, 0.1) is 0 Å². The fraction of sp³-hybridized carbons (Fsp3) is 0.381. The van der Waals surface area contributed by atoms with Crippen molar-refractivity contribution in [3.05, 3.63) is 58.1 Å². The number of benzene rings is 2. The number of rotatable bonds is 3. The van der Waals surface area contributed by atoms with Crippen LogP contribution in [0.25, 0.3) is 0 Å². The number of phenolic OH excluding ortho intramolecular Hbond substituents is 2. The Morgan fingerprint density at radius 2 is 1.57 bits per heavy atom. The molecule has 0 spiro atoms. The predicted octanol–water partition coefficient (Wildman–Crippen LogP) is -0.891. The standard InChI is InChI=1S/C21H22O9/c22-6-8-4-10-14(21-20(29)19(28)17(26)13(7-23)30-21)9-2-1-3-11(24)15(9)18(27)16(10)12(25)5-8/h1-5,13-14,17,19-26,28-29H,6-7H2/t13-,14-,17-,19+,20+,21-/m1/s1. The van der Waals surface area contributed by atoms with Crippen LogP contribution in [0.2, 0.25) is 0 Å². The van der Waals surface area contributed by atoms with Crippen LogP contribution in [0.15, 0.2) is 30.3 Å². The van der Waals surface area contributed by atoms with Gasteiger partial charge in [0.1, 0.15) is 35.9 Å². The summed E-state index contributed by atoms with van der Waals surface area (Å²) in [5, 5.41) is 71.0. The topological polar surface area (TPSA) is 168 Å². The van der Waals surface area contributed by atoms with Gasteiger partial charge in [-0.25, -0.2) is 0 Å². The van der Waals surface area contributed by atoms with Crippen LogP contribution in [0.4, 0.5) is 0 Å². The number of aliphatic hydroxyl groups is 5.